The van der Waals surface area contributed by atoms with E-state index >= 15 is 0 Å². The van der Waals surface area contributed by atoms with Gasteiger partial charge in [0.25, 0.3) is 5.91 Å². The fourth-order valence-electron chi connectivity index (χ4n) is 3.70. The highest BCUT2D eigenvalue weighted by Gasteiger charge is 2.12. The highest BCUT2D eigenvalue weighted by atomic mass is 32.1. The molecule has 0 atom stereocenters. The van der Waals surface area contributed by atoms with Crippen molar-refractivity contribution >= 4 is 28.6 Å². The van der Waals surface area contributed by atoms with Crippen LogP contribution in [0.1, 0.15) is 15.9 Å². The Bertz CT molecular complexity index is 1410. The molecule has 0 aliphatic rings. The van der Waals surface area contributed by atoms with E-state index in [1.807, 2.05) is 83.0 Å². The zero-order valence-electron chi connectivity index (χ0n) is 18.4. The number of carbonyl (C=O) groups is 1. The van der Waals surface area contributed by atoms with Crippen molar-refractivity contribution in [3.05, 3.63) is 108 Å². The van der Waals surface area contributed by atoms with Gasteiger partial charge in [-0.3, -0.25) is 9.48 Å². The minimum absolute atomic E-state index is 0.228. The van der Waals surface area contributed by atoms with Gasteiger partial charge in [-0.15, -0.1) is 16.4 Å². The van der Waals surface area contributed by atoms with Gasteiger partial charge < -0.3 is 11.1 Å². The van der Waals surface area contributed by atoms with Gasteiger partial charge in [0.05, 0.1) is 17.6 Å². The molecule has 168 valence electrons. The first kappa shape index (κ1) is 21.6. The third kappa shape index (κ3) is 4.89. The number of carbonyl (C=O) groups excluding carboxylic acids is 1. The normalized spacial score (nSPS) is 10.8. The summed E-state index contributed by atoms with van der Waals surface area (Å²) in [6.07, 6.45) is 2.78. The average molecular weight is 466 g/mol. The predicted octanol–water partition coefficient (Wildman–Crippen LogP) is 5.75. The first-order chi connectivity index (χ1) is 16.7. The van der Waals surface area contributed by atoms with Crippen LogP contribution in [0.25, 0.3) is 21.7 Å². The van der Waals surface area contributed by atoms with Crippen LogP contribution in [0.5, 0.6) is 0 Å². The quantitative estimate of drug-likeness (QED) is 0.300. The van der Waals surface area contributed by atoms with E-state index in [-0.39, 0.29) is 5.91 Å². The van der Waals surface area contributed by atoms with Crippen LogP contribution in [-0.2, 0) is 13.0 Å². The lowest BCUT2D eigenvalue weighted by molar-refractivity contribution is 0.102. The third-order valence-corrected chi connectivity index (χ3v) is 6.46. The molecular weight excluding hydrogens is 442 g/mol. The minimum atomic E-state index is -0.228. The van der Waals surface area contributed by atoms with Crippen molar-refractivity contribution in [2.75, 3.05) is 11.1 Å². The molecule has 5 aromatic rings. The standard InChI is InChI=1S/C27H23N5OS/c28-23-12-11-21(26-10-5-15-34-26)17-24(23)29-27(33)22-9-4-8-20(16-22)25-18-32(31-30-25)14-13-19-6-2-1-3-7-19/h1-12,15-18H,13-14,28H2,(H,29,33). The largest absolute Gasteiger partial charge is 0.397 e. The van der Waals surface area contributed by atoms with Crippen molar-refractivity contribution in [1.29, 1.82) is 0 Å². The summed E-state index contributed by atoms with van der Waals surface area (Å²) in [4.78, 5) is 14.1. The van der Waals surface area contributed by atoms with E-state index in [9.17, 15) is 4.79 Å². The number of aromatic nitrogens is 3. The molecule has 6 nitrogen and oxygen atoms in total. The number of hydrogen-bond donors (Lipinski definition) is 2. The summed E-state index contributed by atoms with van der Waals surface area (Å²) in [5, 5.41) is 13.5. The SMILES string of the molecule is Nc1ccc(-c2cccs2)cc1NC(=O)c1cccc(-c2cn(CCc3ccccc3)nn2)c1. The van der Waals surface area contributed by atoms with Crippen molar-refractivity contribution in [1.82, 2.24) is 15.0 Å². The number of rotatable bonds is 7. The van der Waals surface area contributed by atoms with Gasteiger partial charge >= 0.3 is 0 Å². The van der Waals surface area contributed by atoms with E-state index in [0.717, 1.165) is 34.7 Å². The van der Waals surface area contributed by atoms with Gasteiger partial charge in [0, 0.05) is 22.5 Å². The Morgan fingerprint density at radius 3 is 2.65 bits per heavy atom. The van der Waals surface area contributed by atoms with Crippen LogP contribution in [-0.4, -0.2) is 20.9 Å². The molecule has 0 aliphatic carbocycles. The topological polar surface area (TPSA) is 85.8 Å². The van der Waals surface area contributed by atoms with Crippen molar-refractivity contribution in [2.24, 2.45) is 0 Å². The van der Waals surface area contributed by atoms with Gasteiger partial charge in [0.1, 0.15) is 5.69 Å². The number of thiophene rings is 1. The van der Waals surface area contributed by atoms with E-state index in [4.69, 9.17) is 5.73 Å². The van der Waals surface area contributed by atoms with Gasteiger partial charge in [0.15, 0.2) is 0 Å². The maximum absolute atomic E-state index is 13.0. The highest BCUT2D eigenvalue weighted by Crippen LogP contribution is 2.30. The van der Waals surface area contributed by atoms with Gasteiger partial charge in [-0.1, -0.05) is 59.8 Å². The van der Waals surface area contributed by atoms with E-state index < -0.39 is 0 Å². The van der Waals surface area contributed by atoms with Crippen LogP contribution >= 0.6 is 11.3 Å². The molecule has 0 spiro atoms. The summed E-state index contributed by atoms with van der Waals surface area (Å²) in [5.41, 5.74) is 11.6. The molecule has 0 saturated heterocycles. The molecule has 5 rings (SSSR count). The fraction of sp³-hybridized carbons (Fsp3) is 0.0741. The summed E-state index contributed by atoms with van der Waals surface area (Å²) >= 11 is 1.64. The number of hydrogen-bond acceptors (Lipinski definition) is 5. The number of nitrogen functional groups attached to an aromatic ring is 1. The molecular formula is C27H23N5OS. The molecule has 2 aromatic heterocycles. The number of nitrogens with zero attached hydrogens (tertiary/aromatic N) is 3. The van der Waals surface area contributed by atoms with Gasteiger partial charge in [-0.05, 0) is 53.3 Å². The monoisotopic (exact) mass is 465 g/mol. The van der Waals surface area contributed by atoms with Crippen LogP contribution in [0.15, 0.2) is 96.5 Å². The van der Waals surface area contributed by atoms with Gasteiger partial charge in [-0.2, -0.15) is 0 Å². The molecule has 2 heterocycles. The number of nitrogens with one attached hydrogen (secondary N) is 1. The summed E-state index contributed by atoms with van der Waals surface area (Å²) in [7, 11) is 0. The second-order valence-electron chi connectivity index (χ2n) is 7.92. The maximum atomic E-state index is 13.0. The van der Waals surface area contributed by atoms with Crippen LogP contribution in [0.3, 0.4) is 0 Å². The average Bonchev–Trinajstić information content (AvgIpc) is 3.58. The lowest BCUT2D eigenvalue weighted by Crippen LogP contribution is -2.13. The van der Waals surface area contributed by atoms with Crippen molar-refractivity contribution in [3.63, 3.8) is 0 Å². The van der Waals surface area contributed by atoms with Crippen molar-refractivity contribution < 1.29 is 4.79 Å². The number of nitrogens with two attached hydrogens (primary N) is 1. The zero-order chi connectivity index (χ0) is 23.3. The number of aryl methyl sites for hydroxylation is 2. The molecule has 0 unspecified atom stereocenters. The van der Waals surface area contributed by atoms with E-state index in [1.54, 1.807) is 17.4 Å². The predicted molar refractivity (Wildman–Crippen MR) is 138 cm³/mol. The molecule has 3 aromatic carbocycles. The smallest absolute Gasteiger partial charge is 0.255 e. The molecule has 0 radical (unpaired) electrons. The summed E-state index contributed by atoms with van der Waals surface area (Å²) in [6, 6.07) is 27.4. The molecule has 0 saturated carbocycles. The highest BCUT2D eigenvalue weighted by molar-refractivity contribution is 7.13. The second kappa shape index (κ2) is 9.72. The Balaban J connectivity index is 1.30. The molecule has 7 heteroatoms. The zero-order valence-corrected chi connectivity index (χ0v) is 19.2. The molecule has 1 amide bonds. The van der Waals surface area contributed by atoms with Crippen LogP contribution in [0, 0.1) is 0 Å². The molecule has 0 bridgehead atoms. The van der Waals surface area contributed by atoms with Crippen molar-refractivity contribution in [3.8, 4) is 21.7 Å². The fourth-order valence-corrected chi connectivity index (χ4v) is 4.43. The summed E-state index contributed by atoms with van der Waals surface area (Å²) in [5.74, 6) is -0.228. The summed E-state index contributed by atoms with van der Waals surface area (Å²) < 4.78 is 1.83. The van der Waals surface area contributed by atoms with E-state index in [0.29, 0.717) is 16.9 Å². The van der Waals surface area contributed by atoms with Crippen molar-refractivity contribution in [2.45, 2.75) is 13.0 Å². The number of anilines is 2. The maximum Gasteiger partial charge on any atom is 0.255 e. The second-order valence-corrected chi connectivity index (χ2v) is 8.86. The minimum Gasteiger partial charge on any atom is -0.397 e. The van der Waals surface area contributed by atoms with E-state index in [1.165, 1.54) is 5.56 Å². The molecule has 3 N–H and O–H groups in total. The van der Waals surface area contributed by atoms with Crippen LogP contribution in [0.4, 0.5) is 11.4 Å². The Labute approximate surface area is 201 Å². The first-order valence-corrected chi connectivity index (χ1v) is 11.8. The van der Waals surface area contributed by atoms with E-state index in [2.05, 4.69) is 27.8 Å². The Morgan fingerprint density at radius 1 is 0.941 bits per heavy atom. The Hall–Kier alpha value is -4.23. The number of amides is 1. The van der Waals surface area contributed by atoms with Crippen LogP contribution < -0.4 is 11.1 Å². The van der Waals surface area contributed by atoms with Gasteiger partial charge in [-0.25, -0.2) is 0 Å². The lowest BCUT2D eigenvalue weighted by Gasteiger charge is -2.10. The molecule has 0 aliphatic heterocycles. The Morgan fingerprint density at radius 2 is 1.82 bits per heavy atom. The molecule has 0 fully saturated rings. The molecule has 34 heavy (non-hydrogen) atoms. The van der Waals surface area contributed by atoms with Gasteiger partial charge in [0.2, 0.25) is 0 Å². The number of benzene rings is 3. The Kier molecular flexibility index (Phi) is 6.18. The van der Waals surface area contributed by atoms with Crippen LogP contribution in [0.2, 0.25) is 0 Å². The first-order valence-electron chi connectivity index (χ1n) is 10.9. The summed E-state index contributed by atoms with van der Waals surface area (Å²) in [6.45, 7) is 0.733. The lowest BCUT2D eigenvalue weighted by atomic mass is 10.1. The third-order valence-electron chi connectivity index (χ3n) is 5.54.